The molecule has 0 aliphatic carbocycles. The van der Waals surface area contributed by atoms with Gasteiger partial charge in [-0.1, -0.05) is 193 Å². The summed E-state index contributed by atoms with van der Waals surface area (Å²) in [6.45, 7) is 4.34. The molecule has 0 radical (unpaired) electrons. The van der Waals surface area contributed by atoms with Crippen molar-refractivity contribution in [3.05, 3.63) is 278 Å². The van der Waals surface area contributed by atoms with Gasteiger partial charge >= 0.3 is 0 Å². The Morgan fingerprint density at radius 3 is 1.04 bits per heavy atom. The van der Waals surface area contributed by atoms with Crippen molar-refractivity contribution >= 4 is 132 Å². The Bertz CT molecular complexity index is 4970. The Morgan fingerprint density at radius 2 is 0.625 bits per heavy atom. The first-order chi connectivity index (χ1) is 39.5. The van der Waals surface area contributed by atoms with Crippen LogP contribution in [-0.2, 0) is 0 Å². The molecule has 4 nitrogen and oxygen atoms in total. The number of aryl methyl sites for hydroxylation is 2. The van der Waals surface area contributed by atoms with Crippen molar-refractivity contribution in [3.63, 3.8) is 0 Å². The summed E-state index contributed by atoms with van der Waals surface area (Å²) in [6, 6.07) is 99.5. The number of fused-ring (bicyclic) bond motifs is 14. The van der Waals surface area contributed by atoms with E-state index in [9.17, 15) is 0 Å². The molecule has 0 bridgehead atoms. The number of para-hydroxylation sites is 2. The van der Waals surface area contributed by atoms with Crippen molar-refractivity contribution < 1.29 is 0 Å². The van der Waals surface area contributed by atoms with Gasteiger partial charge in [0.15, 0.2) is 0 Å². The smallest absolute Gasteiger partial charge is 0.0641 e. The van der Waals surface area contributed by atoms with Gasteiger partial charge < -0.3 is 18.6 Å². The summed E-state index contributed by atoms with van der Waals surface area (Å²) in [5.41, 5.74) is 21.2. The summed E-state index contributed by atoms with van der Waals surface area (Å²) in [6.07, 6.45) is 0. The van der Waals surface area contributed by atoms with Crippen LogP contribution in [0.3, 0.4) is 0 Å². The van der Waals surface area contributed by atoms with E-state index in [2.05, 4.69) is 299 Å². The standard InChI is InChI=1S/C76H50N4/c1-47-29-33-55(34-30-47)77(69-43-53-23-11-9-21-51(53)41-61(69)49-17-5-3-6-18-49)67-39-37-57-63-45-72-64(46-71(63)79-65-27-15-13-25-59(65)73(67)75(57)79)58-38-40-68(74-60-26-14-16-28-66(60)80(72)76(58)74)78(56-35-31-48(2)32-36-56)70-44-54-24-12-10-22-52(54)42-62(70)50-19-7-4-8-20-50/h3-46H,1-2H3. The van der Waals surface area contributed by atoms with Gasteiger partial charge in [0.25, 0.3) is 0 Å². The van der Waals surface area contributed by atoms with Gasteiger partial charge in [-0.3, -0.25) is 0 Å². The van der Waals surface area contributed by atoms with E-state index in [0.717, 1.165) is 34.1 Å². The number of hydrogen-bond donors (Lipinski definition) is 0. The van der Waals surface area contributed by atoms with Gasteiger partial charge in [0.05, 0.1) is 55.8 Å². The average molecular weight is 1020 g/mol. The molecule has 0 atom stereocenters. The summed E-state index contributed by atoms with van der Waals surface area (Å²) in [5.74, 6) is 0. The highest BCUT2D eigenvalue weighted by atomic mass is 15.2. The molecule has 0 spiro atoms. The molecule has 0 saturated carbocycles. The molecule has 0 saturated heterocycles. The zero-order chi connectivity index (χ0) is 52.7. The van der Waals surface area contributed by atoms with Crippen LogP contribution in [-0.4, -0.2) is 8.80 Å². The zero-order valence-electron chi connectivity index (χ0n) is 44.2. The fraction of sp³-hybridized carbons (Fsp3) is 0.0263. The molecule has 0 fully saturated rings. The monoisotopic (exact) mass is 1020 g/mol. The van der Waals surface area contributed by atoms with Crippen LogP contribution < -0.4 is 9.80 Å². The van der Waals surface area contributed by atoms with Gasteiger partial charge in [0.1, 0.15) is 0 Å². The molecule has 4 heteroatoms. The fourth-order valence-electron chi connectivity index (χ4n) is 13.6. The van der Waals surface area contributed by atoms with Crippen molar-refractivity contribution in [1.29, 1.82) is 0 Å². The molecule has 0 unspecified atom stereocenters. The van der Waals surface area contributed by atoms with E-state index in [-0.39, 0.29) is 0 Å². The molecule has 4 heterocycles. The minimum absolute atomic E-state index is 1.11. The minimum atomic E-state index is 1.11. The van der Waals surface area contributed by atoms with Gasteiger partial charge in [-0.05, 0) is 131 Å². The molecular weight excluding hydrogens is 969 g/mol. The Kier molecular flexibility index (Phi) is 9.52. The fourth-order valence-corrected chi connectivity index (χ4v) is 13.6. The Balaban J connectivity index is 0.946. The van der Waals surface area contributed by atoms with Crippen LogP contribution >= 0.6 is 0 Å². The lowest BCUT2D eigenvalue weighted by Crippen LogP contribution is -2.12. The highest BCUT2D eigenvalue weighted by molar-refractivity contribution is 6.32. The van der Waals surface area contributed by atoms with E-state index in [0.29, 0.717) is 0 Å². The number of benzene rings is 13. The molecule has 0 aliphatic rings. The van der Waals surface area contributed by atoms with E-state index in [1.165, 1.54) is 131 Å². The lowest BCUT2D eigenvalue weighted by molar-refractivity contribution is 1.29. The number of aromatic nitrogens is 2. The van der Waals surface area contributed by atoms with Gasteiger partial charge in [0.2, 0.25) is 0 Å². The van der Waals surface area contributed by atoms with Crippen molar-refractivity contribution in [2.24, 2.45) is 0 Å². The maximum atomic E-state index is 2.56. The maximum Gasteiger partial charge on any atom is 0.0641 e. The van der Waals surface area contributed by atoms with Crippen LogP contribution in [0.4, 0.5) is 34.1 Å². The number of anilines is 6. The first-order valence-corrected chi connectivity index (χ1v) is 27.7. The van der Waals surface area contributed by atoms with Crippen molar-refractivity contribution in [3.8, 4) is 22.3 Å². The second-order valence-electron chi connectivity index (χ2n) is 21.8. The molecule has 0 N–H and O–H groups in total. The zero-order valence-corrected chi connectivity index (χ0v) is 44.2. The summed E-state index contributed by atoms with van der Waals surface area (Å²) in [5, 5.41) is 14.7. The third-order valence-corrected chi connectivity index (χ3v) is 17.2. The number of nitrogens with zero attached hydrogens (tertiary/aromatic N) is 4. The van der Waals surface area contributed by atoms with Gasteiger partial charge in [0, 0.05) is 65.6 Å². The van der Waals surface area contributed by atoms with Crippen LogP contribution in [0.25, 0.3) is 120 Å². The van der Waals surface area contributed by atoms with Gasteiger partial charge in [-0.2, -0.15) is 0 Å². The Labute approximate surface area is 462 Å². The Morgan fingerprint density at radius 1 is 0.263 bits per heavy atom. The van der Waals surface area contributed by atoms with E-state index in [1.54, 1.807) is 0 Å². The second-order valence-corrected chi connectivity index (χ2v) is 21.8. The summed E-state index contributed by atoms with van der Waals surface area (Å²) in [7, 11) is 0. The molecule has 17 rings (SSSR count). The predicted octanol–water partition coefficient (Wildman–Crippen LogP) is 21.2. The average Bonchev–Trinajstić information content (AvgIpc) is 4.43. The largest absolute Gasteiger partial charge is 0.309 e. The topological polar surface area (TPSA) is 15.3 Å². The normalized spacial score (nSPS) is 12.1. The highest BCUT2D eigenvalue weighted by Crippen LogP contribution is 2.53. The van der Waals surface area contributed by atoms with Crippen LogP contribution in [0.1, 0.15) is 11.1 Å². The number of rotatable bonds is 8. The highest BCUT2D eigenvalue weighted by Gasteiger charge is 2.30. The molecule has 0 aliphatic heterocycles. The SMILES string of the molecule is Cc1ccc(N(c2cc3ccccc3cc2-c2ccccc2)c2ccc3c4cc5c(cc4n4c6ccccc6c2c34)c2ccc(N(c3ccc(C)cc3)c3cc4ccccc4cc3-c3ccccc3)c3c4ccccc4n5c23)cc1. The minimum Gasteiger partial charge on any atom is -0.309 e. The molecule has 0 amide bonds. The van der Waals surface area contributed by atoms with E-state index in [1.807, 2.05) is 0 Å². The first-order valence-electron chi connectivity index (χ1n) is 27.7. The van der Waals surface area contributed by atoms with E-state index in [4.69, 9.17) is 0 Å². The third-order valence-electron chi connectivity index (χ3n) is 17.2. The van der Waals surface area contributed by atoms with Crippen LogP contribution in [0, 0.1) is 13.8 Å². The lowest BCUT2D eigenvalue weighted by atomic mass is 9.96. The summed E-state index contributed by atoms with van der Waals surface area (Å²) >= 11 is 0. The van der Waals surface area contributed by atoms with Gasteiger partial charge in [-0.25, -0.2) is 0 Å². The van der Waals surface area contributed by atoms with E-state index < -0.39 is 0 Å². The van der Waals surface area contributed by atoms with Crippen LogP contribution in [0.2, 0.25) is 0 Å². The molecule has 17 aromatic rings. The van der Waals surface area contributed by atoms with Crippen molar-refractivity contribution in [2.45, 2.75) is 13.8 Å². The predicted molar refractivity (Wildman–Crippen MR) is 340 cm³/mol. The third kappa shape index (κ3) is 6.45. The first kappa shape index (κ1) is 44.7. The quantitative estimate of drug-likeness (QED) is 0.151. The van der Waals surface area contributed by atoms with Crippen molar-refractivity contribution in [1.82, 2.24) is 8.80 Å². The van der Waals surface area contributed by atoms with Crippen LogP contribution in [0.5, 0.6) is 0 Å². The molecule has 4 aromatic heterocycles. The molecule has 13 aromatic carbocycles. The summed E-state index contributed by atoms with van der Waals surface area (Å²) in [4.78, 5) is 5.04. The van der Waals surface area contributed by atoms with E-state index >= 15 is 0 Å². The molecule has 374 valence electrons. The lowest BCUT2D eigenvalue weighted by Gasteiger charge is -2.29. The Hall–Kier alpha value is -10.4. The number of hydrogen-bond acceptors (Lipinski definition) is 2. The maximum absolute atomic E-state index is 2.56. The van der Waals surface area contributed by atoms with Crippen LogP contribution in [0.15, 0.2) is 267 Å². The van der Waals surface area contributed by atoms with Crippen molar-refractivity contribution in [2.75, 3.05) is 9.80 Å². The summed E-state index contributed by atoms with van der Waals surface area (Å²) < 4.78 is 5.12. The molecule has 80 heavy (non-hydrogen) atoms. The van der Waals surface area contributed by atoms with Gasteiger partial charge in [-0.15, -0.1) is 0 Å². The second kappa shape index (κ2) is 17.0. The molecular formula is C76H50N4.